The lowest BCUT2D eigenvalue weighted by atomic mass is 10.0. The van der Waals surface area contributed by atoms with Crippen LogP contribution in [0.25, 0.3) is 22.4 Å². The maximum atomic E-state index is 10.4. The molecule has 30 heavy (non-hydrogen) atoms. The van der Waals surface area contributed by atoms with Gasteiger partial charge in [-0.3, -0.25) is 5.10 Å². The van der Waals surface area contributed by atoms with E-state index in [9.17, 15) is 5.11 Å². The van der Waals surface area contributed by atoms with Gasteiger partial charge in [0.05, 0.1) is 12.4 Å². The molecule has 3 heterocycles. The van der Waals surface area contributed by atoms with Gasteiger partial charge >= 0.3 is 0 Å². The van der Waals surface area contributed by atoms with Crippen LogP contribution in [0.1, 0.15) is 27.2 Å². The average molecular weight is 452 g/mol. The lowest BCUT2D eigenvalue weighted by Gasteiger charge is -2.25. The van der Waals surface area contributed by atoms with Crippen molar-refractivity contribution in [2.75, 3.05) is 18.0 Å². The molecule has 4 rings (SSSR count). The number of hydrogen-bond acceptors (Lipinski definition) is 7. The lowest BCUT2D eigenvalue weighted by molar-refractivity contribution is 0.373. The number of halogens is 2. The molecule has 2 aromatic heterocycles. The summed E-state index contributed by atoms with van der Waals surface area (Å²) in [4.78, 5) is 6.62. The van der Waals surface area contributed by atoms with Crippen LogP contribution in [0.2, 0.25) is 0 Å². The molecule has 8 nitrogen and oxygen atoms in total. The Bertz CT molecular complexity index is 943. The smallest absolute Gasteiger partial charge is 0.245 e. The van der Waals surface area contributed by atoms with Gasteiger partial charge in [-0.05, 0) is 44.9 Å². The van der Waals surface area contributed by atoms with Gasteiger partial charge < -0.3 is 15.3 Å². The number of rotatable bonds is 4. The topological polar surface area (TPSA) is 103 Å². The number of phenols is 1. The maximum Gasteiger partial charge on any atom is 0.245 e. The number of nitrogens with zero attached hydrogens (tertiary/aromatic N) is 5. The van der Waals surface area contributed by atoms with Gasteiger partial charge in [0.25, 0.3) is 0 Å². The summed E-state index contributed by atoms with van der Waals surface area (Å²) in [6.45, 7) is 8.29. The van der Waals surface area contributed by atoms with E-state index in [-0.39, 0.29) is 36.1 Å². The third kappa shape index (κ3) is 5.38. The monoisotopic (exact) mass is 451 g/mol. The van der Waals surface area contributed by atoms with Gasteiger partial charge in [-0.1, -0.05) is 6.07 Å². The van der Waals surface area contributed by atoms with Crippen LogP contribution in [0.15, 0.2) is 36.8 Å². The highest BCUT2D eigenvalue weighted by atomic mass is 35.5. The Kier molecular flexibility index (Phi) is 7.63. The molecule has 0 radical (unpaired) electrons. The van der Waals surface area contributed by atoms with E-state index in [4.69, 9.17) is 0 Å². The van der Waals surface area contributed by atoms with Crippen molar-refractivity contribution in [3.63, 3.8) is 0 Å². The summed E-state index contributed by atoms with van der Waals surface area (Å²) in [5, 5.41) is 29.3. The summed E-state index contributed by atoms with van der Waals surface area (Å²) in [6, 6.07) is 5.85. The van der Waals surface area contributed by atoms with E-state index in [2.05, 4.69) is 56.4 Å². The fraction of sp³-hybridized carbons (Fsp3) is 0.400. The van der Waals surface area contributed by atoms with E-state index < -0.39 is 0 Å². The van der Waals surface area contributed by atoms with Crippen molar-refractivity contribution in [3.05, 3.63) is 36.8 Å². The van der Waals surface area contributed by atoms with E-state index in [1.165, 1.54) is 0 Å². The normalized spacial score (nSPS) is 16.1. The molecular weight excluding hydrogens is 425 g/mol. The van der Waals surface area contributed by atoms with Gasteiger partial charge in [0.2, 0.25) is 5.95 Å². The van der Waals surface area contributed by atoms with Crippen LogP contribution in [0.3, 0.4) is 0 Å². The lowest BCUT2D eigenvalue weighted by Crippen LogP contribution is -2.45. The predicted octanol–water partition coefficient (Wildman–Crippen LogP) is 3.44. The second-order valence-corrected chi connectivity index (χ2v) is 8.19. The van der Waals surface area contributed by atoms with Gasteiger partial charge in [0.1, 0.15) is 11.4 Å². The van der Waals surface area contributed by atoms with Crippen molar-refractivity contribution in [1.29, 1.82) is 0 Å². The van der Waals surface area contributed by atoms with Crippen LogP contribution < -0.4 is 10.2 Å². The number of aromatic hydroxyl groups is 1. The Morgan fingerprint density at radius 1 is 1.13 bits per heavy atom. The molecule has 1 aliphatic heterocycles. The number of aromatic nitrogens is 5. The maximum absolute atomic E-state index is 10.4. The predicted molar refractivity (Wildman–Crippen MR) is 123 cm³/mol. The Labute approximate surface area is 188 Å². The summed E-state index contributed by atoms with van der Waals surface area (Å²) in [5.41, 5.74) is 3.02. The average Bonchev–Trinajstić information content (AvgIpc) is 3.32. The minimum atomic E-state index is 0. The van der Waals surface area contributed by atoms with Crippen molar-refractivity contribution >= 4 is 30.8 Å². The van der Waals surface area contributed by atoms with Crippen LogP contribution in [0.5, 0.6) is 5.75 Å². The summed E-state index contributed by atoms with van der Waals surface area (Å²) in [6.07, 6.45) is 6.21. The van der Waals surface area contributed by atoms with Crippen LogP contribution in [-0.4, -0.2) is 55.2 Å². The molecule has 1 fully saturated rings. The Morgan fingerprint density at radius 3 is 2.53 bits per heavy atom. The Morgan fingerprint density at radius 2 is 1.93 bits per heavy atom. The SMILES string of the molecule is CC(C)(C)N[C@@H]1CCN(c2ncc(-c3ccc(-c4cn[nH]c4)cc3O)nn2)C1.Cl.Cl. The molecule has 3 aromatic rings. The van der Waals surface area contributed by atoms with E-state index in [1.54, 1.807) is 24.7 Å². The van der Waals surface area contributed by atoms with E-state index >= 15 is 0 Å². The third-order valence-electron chi connectivity index (χ3n) is 4.76. The highest BCUT2D eigenvalue weighted by molar-refractivity contribution is 5.85. The third-order valence-corrected chi connectivity index (χ3v) is 4.76. The fourth-order valence-corrected chi connectivity index (χ4v) is 3.55. The summed E-state index contributed by atoms with van der Waals surface area (Å²) >= 11 is 0. The molecule has 1 aromatic carbocycles. The summed E-state index contributed by atoms with van der Waals surface area (Å²) in [5.74, 6) is 0.759. The number of phenolic OH excluding ortho intramolecular Hbond substituents is 1. The molecule has 1 saturated heterocycles. The molecule has 0 aliphatic carbocycles. The standard InChI is InChI=1S/C20H25N7O.2ClH/c1-20(2,3)24-15-6-7-27(12-15)19-21-11-17(25-26-19)16-5-4-13(8-18(16)28)14-9-22-23-10-14;;/h4-5,8-11,15,24,28H,6-7,12H2,1-3H3,(H,22,23);2*1H/t15-;;/m1../s1. The number of benzene rings is 1. The molecule has 1 atom stereocenters. The Balaban J connectivity index is 0.00000160. The molecule has 0 spiro atoms. The van der Waals surface area contributed by atoms with Gasteiger partial charge in [-0.25, -0.2) is 4.98 Å². The minimum absolute atomic E-state index is 0. The molecule has 10 heteroatoms. The zero-order valence-electron chi connectivity index (χ0n) is 17.2. The fourth-order valence-electron chi connectivity index (χ4n) is 3.55. The molecule has 0 unspecified atom stereocenters. The first-order valence-corrected chi connectivity index (χ1v) is 9.44. The van der Waals surface area contributed by atoms with E-state index in [1.807, 2.05) is 12.1 Å². The zero-order chi connectivity index (χ0) is 19.7. The first kappa shape index (κ1) is 23.9. The molecule has 0 bridgehead atoms. The first-order valence-electron chi connectivity index (χ1n) is 9.44. The van der Waals surface area contributed by atoms with E-state index in [0.29, 0.717) is 23.2 Å². The van der Waals surface area contributed by atoms with Crippen molar-refractivity contribution in [2.45, 2.75) is 38.8 Å². The largest absolute Gasteiger partial charge is 0.507 e. The number of aromatic amines is 1. The molecule has 0 amide bonds. The summed E-state index contributed by atoms with van der Waals surface area (Å²) in [7, 11) is 0. The minimum Gasteiger partial charge on any atom is -0.507 e. The van der Waals surface area contributed by atoms with Crippen molar-refractivity contribution in [1.82, 2.24) is 30.7 Å². The second kappa shape index (κ2) is 9.59. The molecular formula is C20H27Cl2N7O. The first-order chi connectivity index (χ1) is 13.4. The van der Waals surface area contributed by atoms with Crippen LogP contribution in [0, 0.1) is 0 Å². The molecule has 3 N–H and O–H groups in total. The highest BCUT2D eigenvalue weighted by Gasteiger charge is 2.27. The van der Waals surface area contributed by atoms with Crippen molar-refractivity contribution < 1.29 is 5.11 Å². The Hall–Kier alpha value is -2.42. The van der Waals surface area contributed by atoms with Crippen LogP contribution in [0.4, 0.5) is 5.95 Å². The van der Waals surface area contributed by atoms with Gasteiger partial charge in [0, 0.05) is 42.0 Å². The number of hydrogen-bond donors (Lipinski definition) is 3. The molecule has 0 saturated carbocycles. The quantitative estimate of drug-likeness (QED) is 0.557. The van der Waals surface area contributed by atoms with Crippen molar-refractivity contribution in [3.8, 4) is 28.1 Å². The zero-order valence-corrected chi connectivity index (χ0v) is 18.8. The summed E-state index contributed by atoms with van der Waals surface area (Å²) < 4.78 is 0. The van der Waals surface area contributed by atoms with Crippen molar-refractivity contribution in [2.24, 2.45) is 0 Å². The number of anilines is 1. The van der Waals surface area contributed by atoms with Crippen LogP contribution >= 0.6 is 24.8 Å². The number of nitrogens with one attached hydrogen (secondary N) is 2. The highest BCUT2D eigenvalue weighted by Crippen LogP contribution is 2.32. The van der Waals surface area contributed by atoms with Crippen LogP contribution in [-0.2, 0) is 0 Å². The number of H-pyrrole nitrogens is 1. The second-order valence-electron chi connectivity index (χ2n) is 8.19. The molecule has 162 valence electrons. The van der Waals surface area contributed by atoms with Gasteiger partial charge in [-0.2, -0.15) is 5.10 Å². The van der Waals surface area contributed by atoms with Gasteiger partial charge in [-0.15, -0.1) is 35.0 Å². The molecule has 1 aliphatic rings. The van der Waals surface area contributed by atoms with E-state index in [0.717, 1.165) is 30.6 Å². The van der Waals surface area contributed by atoms with Gasteiger partial charge in [0.15, 0.2) is 0 Å².